The van der Waals surface area contributed by atoms with E-state index in [-0.39, 0.29) is 5.91 Å². The van der Waals surface area contributed by atoms with Gasteiger partial charge >= 0.3 is 0 Å². The zero-order chi connectivity index (χ0) is 11.3. The van der Waals surface area contributed by atoms with Gasteiger partial charge in [-0.2, -0.15) is 5.26 Å². The molecular weight excluding hydrogens is 188 g/mol. The van der Waals surface area contributed by atoms with Crippen LogP contribution in [-0.2, 0) is 4.79 Å². The van der Waals surface area contributed by atoms with Gasteiger partial charge < -0.3 is 5.32 Å². The first-order chi connectivity index (χ1) is 7.19. The number of anilines is 1. The van der Waals surface area contributed by atoms with Gasteiger partial charge in [-0.1, -0.05) is 13.0 Å². The van der Waals surface area contributed by atoms with E-state index in [1.165, 1.54) is 0 Å². The average Bonchev–Trinajstić information content (AvgIpc) is 2.21. The van der Waals surface area contributed by atoms with Crippen LogP contribution in [0.5, 0.6) is 0 Å². The van der Waals surface area contributed by atoms with E-state index in [0.29, 0.717) is 12.0 Å². The number of rotatable bonds is 3. The molecule has 15 heavy (non-hydrogen) atoms. The maximum Gasteiger partial charge on any atom is 0.224 e. The van der Waals surface area contributed by atoms with E-state index in [0.717, 1.165) is 17.7 Å². The second-order valence-corrected chi connectivity index (χ2v) is 3.39. The Bertz CT molecular complexity index is 405. The molecule has 0 saturated carbocycles. The fraction of sp³-hybridized carbons (Fsp3) is 0.333. The quantitative estimate of drug-likeness (QED) is 0.819. The molecule has 0 atom stereocenters. The van der Waals surface area contributed by atoms with Gasteiger partial charge in [0.15, 0.2) is 0 Å². The molecule has 3 heteroatoms. The lowest BCUT2D eigenvalue weighted by Gasteiger charge is -2.08. The van der Waals surface area contributed by atoms with E-state index < -0.39 is 0 Å². The van der Waals surface area contributed by atoms with Gasteiger partial charge in [-0.3, -0.25) is 4.79 Å². The van der Waals surface area contributed by atoms with Crippen molar-refractivity contribution in [3.8, 4) is 6.07 Å². The molecule has 0 unspecified atom stereocenters. The van der Waals surface area contributed by atoms with Crippen LogP contribution in [0.15, 0.2) is 18.2 Å². The van der Waals surface area contributed by atoms with Crippen molar-refractivity contribution >= 4 is 11.6 Å². The number of hydrogen-bond donors (Lipinski definition) is 1. The van der Waals surface area contributed by atoms with E-state index >= 15 is 0 Å². The first-order valence-electron chi connectivity index (χ1n) is 4.98. The minimum absolute atomic E-state index is 0.00399. The van der Waals surface area contributed by atoms with E-state index in [2.05, 4.69) is 11.4 Å². The SMILES string of the molecule is CCCC(=O)Nc1cccc(C#N)c1C. The molecule has 0 fully saturated rings. The molecule has 0 aliphatic heterocycles. The van der Waals surface area contributed by atoms with Gasteiger partial charge in [0.2, 0.25) is 5.91 Å². The fourth-order valence-corrected chi connectivity index (χ4v) is 1.33. The zero-order valence-corrected chi connectivity index (χ0v) is 9.00. The third-order valence-corrected chi connectivity index (χ3v) is 2.21. The summed E-state index contributed by atoms with van der Waals surface area (Å²) in [7, 11) is 0. The molecule has 1 N–H and O–H groups in total. The molecule has 0 aliphatic rings. The molecule has 1 aromatic carbocycles. The topological polar surface area (TPSA) is 52.9 Å². The molecule has 1 aromatic rings. The lowest BCUT2D eigenvalue weighted by Crippen LogP contribution is -2.11. The van der Waals surface area contributed by atoms with Crippen molar-refractivity contribution in [2.75, 3.05) is 5.32 Å². The van der Waals surface area contributed by atoms with E-state index in [9.17, 15) is 4.79 Å². The summed E-state index contributed by atoms with van der Waals surface area (Å²) >= 11 is 0. The standard InChI is InChI=1S/C12H14N2O/c1-3-5-12(15)14-11-7-4-6-10(8-13)9(11)2/h4,6-7H,3,5H2,1-2H3,(H,14,15). The smallest absolute Gasteiger partial charge is 0.224 e. The maximum atomic E-state index is 11.4. The van der Waals surface area contributed by atoms with Gasteiger partial charge in [-0.05, 0) is 31.0 Å². The molecule has 78 valence electrons. The van der Waals surface area contributed by atoms with Gasteiger partial charge in [0.1, 0.15) is 0 Å². The Morgan fingerprint density at radius 3 is 2.87 bits per heavy atom. The number of nitrogens with zero attached hydrogens (tertiary/aromatic N) is 1. The van der Waals surface area contributed by atoms with Crippen molar-refractivity contribution in [1.82, 2.24) is 0 Å². The summed E-state index contributed by atoms with van der Waals surface area (Å²) in [6.45, 7) is 3.79. The summed E-state index contributed by atoms with van der Waals surface area (Å²) in [6, 6.07) is 7.41. The van der Waals surface area contributed by atoms with Crippen molar-refractivity contribution in [2.45, 2.75) is 26.7 Å². The van der Waals surface area contributed by atoms with Crippen LogP contribution < -0.4 is 5.32 Å². The number of carbonyl (C=O) groups is 1. The third-order valence-electron chi connectivity index (χ3n) is 2.21. The number of nitriles is 1. The summed E-state index contributed by atoms with van der Waals surface area (Å²) in [5.41, 5.74) is 2.15. The molecule has 1 rings (SSSR count). The second kappa shape index (κ2) is 5.16. The molecule has 0 bridgehead atoms. The number of nitrogens with one attached hydrogen (secondary N) is 1. The Morgan fingerprint density at radius 2 is 2.27 bits per heavy atom. The van der Waals surface area contributed by atoms with Crippen molar-refractivity contribution in [2.24, 2.45) is 0 Å². The van der Waals surface area contributed by atoms with E-state index in [1.807, 2.05) is 19.9 Å². The van der Waals surface area contributed by atoms with Crippen molar-refractivity contribution < 1.29 is 4.79 Å². The summed E-state index contributed by atoms with van der Waals surface area (Å²) in [6.07, 6.45) is 1.33. The first kappa shape index (κ1) is 11.3. The Morgan fingerprint density at radius 1 is 1.53 bits per heavy atom. The Kier molecular flexibility index (Phi) is 3.87. The van der Waals surface area contributed by atoms with Crippen LogP contribution in [0.1, 0.15) is 30.9 Å². The van der Waals surface area contributed by atoms with Crippen LogP contribution >= 0.6 is 0 Å². The first-order valence-corrected chi connectivity index (χ1v) is 4.98. The molecule has 0 spiro atoms. The fourth-order valence-electron chi connectivity index (χ4n) is 1.33. The number of amides is 1. The average molecular weight is 202 g/mol. The minimum Gasteiger partial charge on any atom is -0.326 e. The highest BCUT2D eigenvalue weighted by atomic mass is 16.1. The predicted octanol–water partition coefficient (Wildman–Crippen LogP) is 2.61. The molecule has 1 amide bonds. The highest BCUT2D eigenvalue weighted by Crippen LogP contribution is 2.18. The third kappa shape index (κ3) is 2.81. The molecule has 0 radical (unpaired) electrons. The molecule has 0 aromatic heterocycles. The highest BCUT2D eigenvalue weighted by Gasteiger charge is 2.06. The Hall–Kier alpha value is -1.82. The van der Waals surface area contributed by atoms with Crippen LogP contribution in [0.4, 0.5) is 5.69 Å². The summed E-state index contributed by atoms with van der Waals surface area (Å²) in [5.74, 6) is -0.00399. The van der Waals surface area contributed by atoms with Crippen LogP contribution in [0.2, 0.25) is 0 Å². The zero-order valence-electron chi connectivity index (χ0n) is 9.00. The van der Waals surface area contributed by atoms with Crippen LogP contribution in [0.25, 0.3) is 0 Å². The van der Waals surface area contributed by atoms with Crippen molar-refractivity contribution in [3.05, 3.63) is 29.3 Å². The minimum atomic E-state index is -0.00399. The van der Waals surface area contributed by atoms with Gasteiger partial charge in [-0.15, -0.1) is 0 Å². The molecular formula is C12H14N2O. The molecule has 0 saturated heterocycles. The van der Waals surface area contributed by atoms with Crippen LogP contribution in [0, 0.1) is 18.3 Å². The van der Waals surface area contributed by atoms with Gasteiger partial charge in [0, 0.05) is 12.1 Å². The van der Waals surface area contributed by atoms with Crippen LogP contribution in [-0.4, -0.2) is 5.91 Å². The summed E-state index contributed by atoms with van der Waals surface area (Å²) in [4.78, 5) is 11.4. The van der Waals surface area contributed by atoms with Crippen LogP contribution in [0.3, 0.4) is 0 Å². The lowest BCUT2D eigenvalue weighted by atomic mass is 10.1. The predicted molar refractivity (Wildman–Crippen MR) is 59.4 cm³/mol. The molecule has 0 aliphatic carbocycles. The monoisotopic (exact) mass is 202 g/mol. The number of hydrogen-bond acceptors (Lipinski definition) is 2. The second-order valence-electron chi connectivity index (χ2n) is 3.39. The Labute approximate surface area is 89.7 Å². The molecule has 0 heterocycles. The molecule has 3 nitrogen and oxygen atoms in total. The normalized spacial score (nSPS) is 9.40. The lowest BCUT2D eigenvalue weighted by molar-refractivity contribution is -0.116. The van der Waals surface area contributed by atoms with Gasteiger partial charge in [0.05, 0.1) is 11.6 Å². The van der Waals surface area contributed by atoms with E-state index in [1.54, 1.807) is 12.1 Å². The maximum absolute atomic E-state index is 11.4. The Balaban J connectivity index is 2.87. The van der Waals surface area contributed by atoms with Crippen molar-refractivity contribution in [3.63, 3.8) is 0 Å². The van der Waals surface area contributed by atoms with E-state index in [4.69, 9.17) is 5.26 Å². The highest BCUT2D eigenvalue weighted by molar-refractivity contribution is 5.91. The van der Waals surface area contributed by atoms with Gasteiger partial charge in [0.25, 0.3) is 0 Å². The number of carbonyl (C=O) groups excluding carboxylic acids is 1. The summed E-state index contributed by atoms with van der Waals surface area (Å²) < 4.78 is 0. The van der Waals surface area contributed by atoms with Gasteiger partial charge in [-0.25, -0.2) is 0 Å². The van der Waals surface area contributed by atoms with Crippen molar-refractivity contribution in [1.29, 1.82) is 5.26 Å². The number of benzene rings is 1. The largest absolute Gasteiger partial charge is 0.326 e. The summed E-state index contributed by atoms with van der Waals surface area (Å²) in [5, 5.41) is 11.6.